The van der Waals surface area contributed by atoms with E-state index in [2.05, 4.69) is 10.6 Å². The van der Waals surface area contributed by atoms with Crippen molar-refractivity contribution in [3.63, 3.8) is 0 Å². The van der Waals surface area contributed by atoms with E-state index in [1.54, 1.807) is 0 Å². The monoisotopic (exact) mass is 288 g/mol. The maximum absolute atomic E-state index is 12.6. The molecule has 3 N–H and O–H groups in total. The molecule has 0 heterocycles. The SMILES string of the molecule is O=C(Nc1cc(C(F)(F)F)ccc1C(=O)O)NC1CC1. The van der Waals surface area contributed by atoms with Gasteiger partial charge in [-0.15, -0.1) is 0 Å². The average Bonchev–Trinajstić information content (AvgIpc) is 3.11. The van der Waals surface area contributed by atoms with E-state index >= 15 is 0 Å². The first-order valence-corrected chi connectivity index (χ1v) is 5.79. The van der Waals surface area contributed by atoms with Gasteiger partial charge in [-0.25, -0.2) is 9.59 Å². The Morgan fingerprint density at radius 2 is 1.90 bits per heavy atom. The minimum absolute atomic E-state index is 0.00840. The summed E-state index contributed by atoms with van der Waals surface area (Å²) in [6.45, 7) is 0. The zero-order valence-electron chi connectivity index (χ0n) is 10.1. The largest absolute Gasteiger partial charge is 0.478 e. The number of hydrogen-bond acceptors (Lipinski definition) is 2. The summed E-state index contributed by atoms with van der Waals surface area (Å²) in [7, 11) is 0. The van der Waals surface area contributed by atoms with Crippen LogP contribution in [0.25, 0.3) is 0 Å². The van der Waals surface area contributed by atoms with Gasteiger partial charge in [0.05, 0.1) is 16.8 Å². The number of amides is 2. The molecular formula is C12H11F3N2O3. The smallest absolute Gasteiger partial charge is 0.416 e. The summed E-state index contributed by atoms with van der Waals surface area (Å²) >= 11 is 0. The number of halogens is 3. The second-order valence-corrected chi connectivity index (χ2v) is 4.44. The quantitative estimate of drug-likeness (QED) is 0.800. The molecule has 0 aliphatic heterocycles. The van der Waals surface area contributed by atoms with E-state index in [1.165, 1.54) is 0 Å². The second kappa shape index (κ2) is 5.03. The number of hydrogen-bond donors (Lipinski definition) is 3. The Kier molecular flexibility index (Phi) is 3.56. The topological polar surface area (TPSA) is 78.4 Å². The molecule has 8 heteroatoms. The highest BCUT2D eigenvalue weighted by Crippen LogP contribution is 2.32. The molecule has 1 saturated carbocycles. The zero-order valence-corrected chi connectivity index (χ0v) is 10.1. The van der Waals surface area contributed by atoms with E-state index in [4.69, 9.17) is 5.11 Å². The first-order chi connectivity index (χ1) is 9.27. The highest BCUT2D eigenvalue weighted by atomic mass is 19.4. The number of carboxylic acid groups (broad SMARTS) is 1. The van der Waals surface area contributed by atoms with E-state index < -0.39 is 29.3 Å². The third-order valence-corrected chi connectivity index (χ3v) is 2.74. The fourth-order valence-electron chi connectivity index (χ4n) is 1.58. The van der Waals surface area contributed by atoms with Crippen molar-refractivity contribution in [2.75, 3.05) is 5.32 Å². The van der Waals surface area contributed by atoms with Gasteiger partial charge in [-0.1, -0.05) is 0 Å². The highest BCUT2D eigenvalue weighted by molar-refractivity contribution is 6.00. The van der Waals surface area contributed by atoms with Crippen LogP contribution in [0.1, 0.15) is 28.8 Å². The molecule has 1 aliphatic rings. The number of nitrogens with one attached hydrogen (secondary N) is 2. The van der Waals surface area contributed by atoms with Gasteiger partial charge in [-0.2, -0.15) is 13.2 Å². The molecule has 0 saturated heterocycles. The number of benzene rings is 1. The van der Waals surface area contributed by atoms with Crippen LogP contribution in [0, 0.1) is 0 Å². The molecule has 108 valence electrons. The Balaban J connectivity index is 2.26. The number of rotatable bonds is 3. The minimum Gasteiger partial charge on any atom is -0.478 e. The fraction of sp³-hybridized carbons (Fsp3) is 0.333. The van der Waals surface area contributed by atoms with Crippen molar-refractivity contribution in [3.05, 3.63) is 29.3 Å². The van der Waals surface area contributed by atoms with Gasteiger partial charge in [0.1, 0.15) is 0 Å². The summed E-state index contributed by atoms with van der Waals surface area (Å²) in [5.74, 6) is -1.42. The Bertz CT molecular complexity index is 553. The Labute approximate surface area is 111 Å². The van der Waals surface area contributed by atoms with Crippen molar-refractivity contribution >= 4 is 17.7 Å². The van der Waals surface area contributed by atoms with Crippen molar-refractivity contribution in [1.82, 2.24) is 5.32 Å². The number of carbonyl (C=O) groups excluding carboxylic acids is 1. The lowest BCUT2D eigenvalue weighted by Gasteiger charge is -2.13. The van der Waals surface area contributed by atoms with E-state index in [9.17, 15) is 22.8 Å². The normalized spacial score (nSPS) is 14.8. The number of alkyl halides is 3. The van der Waals surface area contributed by atoms with E-state index in [-0.39, 0.29) is 11.7 Å². The van der Waals surface area contributed by atoms with Gasteiger partial charge >= 0.3 is 18.2 Å². The van der Waals surface area contributed by atoms with E-state index in [1.807, 2.05) is 0 Å². The van der Waals surface area contributed by atoms with Gasteiger partial charge in [-0.05, 0) is 31.0 Å². The van der Waals surface area contributed by atoms with Crippen LogP contribution in [0.2, 0.25) is 0 Å². The Morgan fingerprint density at radius 3 is 2.40 bits per heavy atom. The van der Waals surface area contributed by atoms with Crippen LogP contribution in [0.5, 0.6) is 0 Å². The lowest BCUT2D eigenvalue weighted by Crippen LogP contribution is -2.31. The maximum Gasteiger partial charge on any atom is 0.416 e. The number of aromatic carboxylic acids is 1. The lowest BCUT2D eigenvalue weighted by atomic mass is 10.1. The van der Waals surface area contributed by atoms with E-state index in [0.717, 1.165) is 18.9 Å². The summed E-state index contributed by atoms with van der Waals surface area (Å²) in [6.07, 6.45) is -3.00. The van der Waals surface area contributed by atoms with Crippen LogP contribution in [0.15, 0.2) is 18.2 Å². The average molecular weight is 288 g/mol. The van der Waals surface area contributed by atoms with Crippen molar-refractivity contribution in [2.24, 2.45) is 0 Å². The summed E-state index contributed by atoms with van der Waals surface area (Å²) < 4.78 is 37.7. The van der Waals surface area contributed by atoms with Gasteiger partial charge in [0.2, 0.25) is 0 Å². The fourth-order valence-corrected chi connectivity index (χ4v) is 1.58. The third-order valence-electron chi connectivity index (χ3n) is 2.74. The Morgan fingerprint density at radius 1 is 1.25 bits per heavy atom. The van der Waals surface area contributed by atoms with Crippen LogP contribution in [0.3, 0.4) is 0 Å². The zero-order chi connectivity index (χ0) is 14.9. The van der Waals surface area contributed by atoms with Crippen LogP contribution >= 0.6 is 0 Å². The molecule has 0 bridgehead atoms. The van der Waals surface area contributed by atoms with Crippen molar-refractivity contribution in [3.8, 4) is 0 Å². The third kappa shape index (κ3) is 3.40. The number of anilines is 1. The van der Waals surface area contributed by atoms with Gasteiger partial charge in [-0.3, -0.25) is 0 Å². The highest BCUT2D eigenvalue weighted by Gasteiger charge is 2.32. The minimum atomic E-state index is -4.61. The molecule has 1 aromatic carbocycles. The van der Waals surface area contributed by atoms with Crippen molar-refractivity contribution < 1.29 is 27.9 Å². The first-order valence-electron chi connectivity index (χ1n) is 5.79. The molecular weight excluding hydrogens is 277 g/mol. The second-order valence-electron chi connectivity index (χ2n) is 4.44. The maximum atomic E-state index is 12.6. The molecule has 0 unspecified atom stereocenters. The molecule has 0 atom stereocenters. The predicted octanol–water partition coefficient (Wildman–Crippen LogP) is 2.69. The number of carbonyl (C=O) groups is 2. The number of urea groups is 1. The summed E-state index contributed by atoms with van der Waals surface area (Å²) in [4.78, 5) is 22.4. The molecule has 1 aliphatic carbocycles. The van der Waals surface area contributed by atoms with E-state index in [0.29, 0.717) is 12.1 Å². The lowest BCUT2D eigenvalue weighted by molar-refractivity contribution is -0.137. The molecule has 20 heavy (non-hydrogen) atoms. The molecule has 0 spiro atoms. The molecule has 0 radical (unpaired) electrons. The molecule has 1 aromatic rings. The van der Waals surface area contributed by atoms with Gasteiger partial charge in [0.15, 0.2) is 0 Å². The van der Waals surface area contributed by atoms with Gasteiger partial charge in [0.25, 0.3) is 0 Å². The van der Waals surface area contributed by atoms with Crippen LogP contribution in [0.4, 0.5) is 23.7 Å². The summed E-state index contributed by atoms with van der Waals surface area (Å²) in [5.41, 5.74) is -1.81. The molecule has 1 fully saturated rings. The van der Waals surface area contributed by atoms with Crippen LogP contribution < -0.4 is 10.6 Å². The Hall–Kier alpha value is -2.25. The summed E-state index contributed by atoms with van der Waals surface area (Å²) in [5, 5.41) is 13.6. The molecule has 2 amide bonds. The first kappa shape index (κ1) is 14.2. The number of carboxylic acids is 1. The van der Waals surface area contributed by atoms with Crippen LogP contribution in [-0.2, 0) is 6.18 Å². The molecule has 5 nitrogen and oxygen atoms in total. The standard InChI is InChI=1S/C12H11F3N2O3/c13-12(14,15)6-1-4-8(10(18)19)9(5-6)17-11(20)16-7-2-3-7/h1,4-5,7H,2-3H2,(H,18,19)(H2,16,17,20). The molecule has 2 rings (SSSR count). The van der Waals surface area contributed by atoms with Crippen molar-refractivity contribution in [1.29, 1.82) is 0 Å². The predicted molar refractivity (Wildman–Crippen MR) is 63.6 cm³/mol. The van der Waals surface area contributed by atoms with Gasteiger partial charge < -0.3 is 15.7 Å². The van der Waals surface area contributed by atoms with Crippen LogP contribution in [-0.4, -0.2) is 23.1 Å². The summed E-state index contributed by atoms with van der Waals surface area (Å²) in [6, 6.07) is 1.38. The van der Waals surface area contributed by atoms with Gasteiger partial charge in [0, 0.05) is 6.04 Å². The molecule has 0 aromatic heterocycles. The van der Waals surface area contributed by atoms with Crippen molar-refractivity contribution in [2.45, 2.75) is 25.1 Å².